The number of hydrogen-bond donors (Lipinski definition) is 2. The van der Waals surface area contributed by atoms with E-state index < -0.39 is 11.8 Å². The van der Waals surface area contributed by atoms with E-state index in [1.54, 1.807) is 0 Å². The summed E-state index contributed by atoms with van der Waals surface area (Å²) in [5.74, 6) is -0.868. The fourth-order valence-electron chi connectivity index (χ4n) is 3.97. The maximum Gasteiger partial charge on any atom is 0.255 e. The van der Waals surface area contributed by atoms with Crippen LogP contribution < -0.4 is 25.3 Å². The molecule has 2 aromatic carbocycles. The predicted molar refractivity (Wildman–Crippen MR) is 134 cm³/mol. The van der Waals surface area contributed by atoms with Gasteiger partial charge in [-0.15, -0.1) is 0 Å². The van der Waals surface area contributed by atoms with Crippen molar-refractivity contribution in [2.24, 2.45) is 5.73 Å². The molecule has 0 aromatic heterocycles. The summed E-state index contributed by atoms with van der Waals surface area (Å²) in [5.41, 5.74) is 8.12. The van der Waals surface area contributed by atoms with E-state index in [1.165, 1.54) is 31.3 Å². The van der Waals surface area contributed by atoms with Crippen LogP contribution >= 0.6 is 0 Å². The summed E-state index contributed by atoms with van der Waals surface area (Å²) in [6, 6.07) is 8.62. The summed E-state index contributed by atoms with van der Waals surface area (Å²) in [7, 11) is 2.81. The topological polar surface area (TPSA) is 129 Å². The van der Waals surface area contributed by atoms with Crippen molar-refractivity contribution in [2.75, 3.05) is 45.8 Å². The number of aryl methyl sites for hydroxylation is 1. The number of carbonyl (C=O) groups is 3. The van der Waals surface area contributed by atoms with Gasteiger partial charge < -0.3 is 34.9 Å². The van der Waals surface area contributed by atoms with Gasteiger partial charge in [0.25, 0.3) is 11.8 Å². The van der Waals surface area contributed by atoms with Crippen LogP contribution in [-0.4, -0.2) is 69.2 Å². The van der Waals surface area contributed by atoms with Gasteiger partial charge in [0.2, 0.25) is 11.7 Å². The molecule has 1 atom stereocenters. The first-order valence-electron chi connectivity index (χ1n) is 11.7. The maximum atomic E-state index is 13.6. The molecule has 1 unspecified atom stereocenters. The van der Waals surface area contributed by atoms with Gasteiger partial charge in [0, 0.05) is 24.4 Å². The van der Waals surface area contributed by atoms with Crippen molar-refractivity contribution in [1.82, 2.24) is 4.90 Å². The minimum Gasteiger partial charge on any atom is -0.493 e. The van der Waals surface area contributed by atoms with Crippen molar-refractivity contribution in [3.8, 4) is 17.2 Å². The molecule has 0 bridgehead atoms. The molecule has 0 spiro atoms. The molecule has 1 heterocycles. The molecule has 194 valence electrons. The number of anilines is 1. The molecule has 1 saturated heterocycles. The van der Waals surface area contributed by atoms with E-state index >= 15 is 0 Å². The summed E-state index contributed by atoms with van der Waals surface area (Å²) >= 11 is 0. The van der Waals surface area contributed by atoms with Crippen molar-refractivity contribution in [1.29, 1.82) is 0 Å². The third-order valence-corrected chi connectivity index (χ3v) is 6.01. The zero-order chi connectivity index (χ0) is 26.2. The first-order chi connectivity index (χ1) is 17.2. The van der Waals surface area contributed by atoms with Gasteiger partial charge in [-0.05, 0) is 56.0 Å². The lowest BCUT2D eigenvalue weighted by molar-refractivity contribution is -0.120. The van der Waals surface area contributed by atoms with Crippen molar-refractivity contribution >= 4 is 23.4 Å². The maximum absolute atomic E-state index is 13.6. The van der Waals surface area contributed by atoms with Crippen LogP contribution in [0.3, 0.4) is 0 Å². The Bertz CT molecular complexity index is 1090. The molecule has 0 saturated carbocycles. The monoisotopic (exact) mass is 499 g/mol. The number of carbonyl (C=O) groups excluding carboxylic acids is 3. The smallest absolute Gasteiger partial charge is 0.255 e. The molecule has 0 aliphatic carbocycles. The fraction of sp³-hybridized carbons (Fsp3) is 0.423. The molecule has 1 aliphatic heterocycles. The van der Waals surface area contributed by atoms with Crippen LogP contribution in [0.25, 0.3) is 0 Å². The molecule has 0 radical (unpaired) electrons. The third kappa shape index (κ3) is 6.66. The van der Waals surface area contributed by atoms with Crippen LogP contribution in [-0.2, 0) is 14.3 Å². The number of amides is 3. The highest BCUT2D eigenvalue weighted by Crippen LogP contribution is 2.39. The van der Waals surface area contributed by atoms with E-state index in [1.807, 2.05) is 32.0 Å². The number of hydrogen-bond acceptors (Lipinski definition) is 7. The molecule has 36 heavy (non-hydrogen) atoms. The Morgan fingerprint density at radius 3 is 2.42 bits per heavy atom. The van der Waals surface area contributed by atoms with Gasteiger partial charge in [-0.2, -0.15) is 0 Å². The molecule has 1 fully saturated rings. The first kappa shape index (κ1) is 26.8. The van der Waals surface area contributed by atoms with Crippen LogP contribution in [0.15, 0.2) is 30.3 Å². The van der Waals surface area contributed by atoms with Crippen molar-refractivity contribution in [3.63, 3.8) is 0 Å². The lowest BCUT2D eigenvalue weighted by atomic mass is 10.1. The van der Waals surface area contributed by atoms with Crippen LogP contribution in [0.4, 0.5) is 5.69 Å². The summed E-state index contributed by atoms with van der Waals surface area (Å²) in [6.45, 7) is 4.22. The van der Waals surface area contributed by atoms with E-state index in [-0.39, 0.29) is 54.5 Å². The summed E-state index contributed by atoms with van der Waals surface area (Å²) < 4.78 is 21.9. The number of ether oxygens (including phenoxy) is 4. The van der Waals surface area contributed by atoms with Gasteiger partial charge in [0.05, 0.1) is 20.3 Å². The second-order valence-corrected chi connectivity index (χ2v) is 8.58. The van der Waals surface area contributed by atoms with Crippen molar-refractivity contribution in [3.05, 3.63) is 47.0 Å². The largest absolute Gasteiger partial charge is 0.493 e. The average Bonchev–Trinajstić information content (AvgIpc) is 3.37. The molecular formula is C26H33N3O7. The highest BCUT2D eigenvalue weighted by atomic mass is 16.5. The SMILES string of the molecule is COc1cc(C(=O)N(CC(=O)Nc2cccc(C)c2C)CC2CCCO2)cc(OC)c1OCC(N)=O. The first-order valence-corrected chi connectivity index (χ1v) is 11.7. The lowest BCUT2D eigenvalue weighted by Gasteiger charge is -2.26. The molecular weight excluding hydrogens is 466 g/mol. The Morgan fingerprint density at radius 2 is 1.83 bits per heavy atom. The van der Waals surface area contributed by atoms with Gasteiger partial charge in [0.1, 0.15) is 6.54 Å². The summed E-state index contributed by atoms with van der Waals surface area (Å²) in [4.78, 5) is 39.2. The Balaban J connectivity index is 1.87. The van der Waals surface area contributed by atoms with Crippen LogP contribution in [0, 0.1) is 13.8 Å². The molecule has 10 heteroatoms. The quantitative estimate of drug-likeness (QED) is 0.486. The Kier molecular flexibility index (Phi) is 9.13. The number of nitrogens with one attached hydrogen (secondary N) is 1. The number of rotatable bonds is 11. The normalized spacial score (nSPS) is 14.7. The Labute approximate surface area is 210 Å². The number of primary amides is 1. The molecule has 3 rings (SSSR count). The third-order valence-electron chi connectivity index (χ3n) is 6.01. The van der Waals surface area contributed by atoms with Crippen molar-refractivity contribution < 1.29 is 33.3 Å². The molecule has 10 nitrogen and oxygen atoms in total. The molecule has 2 aromatic rings. The van der Waals surface area contributed by atoms with Gasteiger partial charge in [-0.25, -0.2) is 0 Å². The number of methoxy groups -OCH3 is 2. The number of nitrogens with two attached hydrogens (primary N) is 1. The predicted octanol–water partition coefficient (Wildman–Crippen LogP) is 2.44. The Morgan fingerprint density at radius 1 is 1.14 bits per heavy atom. The average molecular weight is 500 g/mol. The van der Waals surface area contributed by atoms with Crippen LogP contribution in [0.5, 0.6) is 17.2 Å². The van der Waals surface area contributed by atoms with Gasteiger partial charge in [0.15, 0.2) is 18.1 Å². The highest BCUT2D eigenvalue weighted by Gasteiger charge is 2.27. The zero-order valence-corrected chi connectivity index (χ0v) is 21.1. The summed E-state index contributed by atoms with van der Waals surface area (Å²) in [6.07, 6.45) is 1.54. The second-order valence-electron chi connectivity index (χ2n) is 8.58. The van der Waals surface area contributed by atoms with E-state index in [0.717, 1.165) is 24.0 Å². The van der Waals surface area contributed by atoms with E-state index in [4.69, 9.17) is 24.7 Å². The summed E-state index contributed by atoms with van der Waals surface area (Å²) in [5, 5.41) is 2.91. The van der Waals surface area contributed by atoms with Crippen molar-refractivity contribution in [2.45, 2.75) is 32.8 Å². The zero-order valence-electron chi connectivity index (χ0n) is 21.1. The molecule has 1 aliphatic rings. The van der Waals surface area contributed by atoms with Crippen LogP contribution in [0.2, 0.25) is 0 Å². The Hall–Kier alpha value is -3.79. The molecule has 3 amide bonds. The lowest BCUT2D eigenvalue weighted by Crippen LogP contribution is -2.42. The standard InChI is InChI=1S/C26H33N3O7/c1-16-7-5-9-20(17(16)2)28-24(31)14-29(13-19-8-6-10-35-19)26(32)18-11-21(33-3)25(22(12-18)34-4)36-15-23(27)30/h5,7,9,11-12,19H,6,8,10,13-15H2,1-4H3,(H2,27,30)(H,28,31). The van der Waals surface area contributed by atoms with Gasteiger partial charge >= 0.3 is 0 Å². The number of nitrogens with zero attached hydrogens (tertiary/aromatic N) is 1. The number of benzene rings is 2. The van der Waals surface area contributed by atoms with Gasteiger partial charge in [-0.3, -0.25) is 14.4 Å². The minimum atomic E-state index is -0.670. The highest BCUT2D eigenvalue weighted by molar-refractivity contribution is 6.00. The van der Waals surface area contributed by atoms with E-state index in [0.29, 0.717) is 12.3 Å². The van der Waals surface area contributed by atoms with E-state index in [2.05, 4.69) is 5.32 Å². The van der Waals surface area contributed by atoms with Gasteiger partial charge in [-0.1, -0.05) is 12.1 Å². The molecule has 3 N–H and O–H groups in total. The van der Waals surface area contributed by atoms with Crippen LogP contribution in [0.1, 0.15) is 34.3 Å². The fourth-order valence-corrected chi connectivity index (χ4v) is 3.97. The van der Waals surface area contributed by atoms with E-state index in [9.17, 15) is 14.4 Å². The minimum absolute atomic E-state index is 0.147. The second kappa shape index (κ2) is 12.3.